The van der Waals surface area contributed by atoms with Crippen LogP contribution in [-0.4, -0.2) is 24.2 Å². The van der Waals surface area contributed by atoms with Crippen molar-refractivity contribution in [2.45, 2.75) is 12.6 Å². The molecule has 0 aromatic rings. The summed E-state index contributed by atoms with van der Waals surface area (Å²) in [6.07, 6.45) is 1.95. The van der Waals surface area contributed by atoms with Crippen LogP contribution in [0, 0.1) is 0 Å². The molecule has 1 rings (SSSR count). The molecule has 0 fully saturated rings. The average Bonchev–Trinajstić information content (AvgIpc) is 2.05. The van der Waals surface area contributed by atoms with Gasteiger partial charge in [-0.25, -0.2) is 4.39 Å². The van der Waals surface area contributed by atoms with Gasteiger partial charge in [-0.1, -0.05) is 6.08 Å². The maximum absolute atomic E-state index is 12.8. The van der Waals surface area contributed by atoms with Crippen molar-refractivity contribution in [2.75, 3.05) is 18.1 Å². The first-order valence-corrected chi connectivity index (χ1v) is 4.61. The van der Waals surface area contributed by atoms with Crippen molar-refractivity contribution in [3.05, 3.63) is 11.6 Å². The summed E-state index contributed by atoms with van der Waals surface area (Å²) in [6.45, 7) is 0.135. The molecule has 10 heavy (non-hydrogen) atoms. The predicted molar refractivity (Wildman–Crippen MR) is 44.0 cm³/mol. The van der Waals surface area contributed by atoms with Gasteiger partial charge in [-0.2, -0.15) is 11.8 Å². The molecule has 0 bridgehead atoms. The zero-order chi connectivity index (χ0) is 7.40. The first-order chi connectivity index (χ1) is 4.84. The molecule has 1 unspecified atom stereocenters. The molecule has 58 valence electrons. The highest BCUT2D eigenvalue weighted by Crippen LogP contribution is 2.20. The molecule has 2 N–H and O–H groups in total. The summed E-state index contributed by atoms with van der Waals surface area (Å²) in [5.74, 6) is 2.00. The zero-order valence-corrected chi connectivity index (χ0v) is 6.66. The van der Waals surface area contributed by atoms with Gasteiger partial charge in [0.15, 0.2) is 0 Å². The first-order valence-electron chi connectivity index (χ1n) is 3.45. The molecule has 1 nitrogen and oxygen atoms in total. The molecular weight excluding hydrogens is 149 g/mol. The molecule has 0 saturated heterocycles. The summed E-state index contributed by atoms with van der Waals surface area (Å²) in [5, 5.41) is 0. The second-order valence-electron chi connectivity index (χ2n) is 2.31. The number of hydrogen-bond acceptors (Lipinski definition) is 2. The fourth-order valence-electron chi connectivity index (χ4n) is 0.977. The molecule has 0 aliphatic carbocycles. The fraction of sp³-hybridized carbons (Fsp3) is 0.714. The molecule has 1 atom stereocenters. The monoisotopic (exact) mass is 161 g/mol. The van der Waals surface area contributed by atoms with Crippen LogP contribution in [-0.2, 0) is 0 Å². The van der Waals surface area contributed by atoms with Crippen molar-refractivity contribution in [3.63, 3.8) is 0 Å². The standard InChI is InChI=1S/C7H12FNS/c8-7(5-9)6-1-3-10-4-2-6/h1,7H,2-5,9H2. The van der Waals surface area contributed by atoms with E-state index in [1.165, 1.54) is 0 Å². The molecular formula is C7H12FNS. The minimum absolute atomic E-state index is 0.135. The SMILES string of the molecule is NCC(F)C1=CCSCC1. The Hall–Kier alpha value is -0.0200. The quantitative estimate of drug-likeness (QED) is 0.619. The van der Waals surface area contributed by atoms with Gasteiger partial charge in [0.2, 0.25) is 0 Å². The van der Waals surface area contributed by atoms with E-state index in [9.17, 15) is 4.39 Å². The van der Waals surface area contributed by atoms with E-state index < -0.39 is 6.17 Å². The lowest BCUT2D eigenvalue weighted by molar-refractivity contribution is 0.383. The molecule has 1 aliphatic rings. The van der Waals surface area contributed by atoms with Crippen LogP contribution in [0.1, 0.15) is 6.42 Å². The highest BCUT2D eigenvalue weighted by atomic mass is 32.2. The normalized spacial score (nSPS) is 22.0. The van der Waals surface area contributed by atoms with E-state index in [0.29, 0.717) is 0 Å². The third kappa shape index (κ3) is 1.99. The van der Waals surface area contributed by atoms with Crippen molar-refractivity contribution in [2.24, 2.45) is 5.73 Å². The Morgan fingerprint density at radius 1 is 1.80 bits per heavy atom. The van der Waals surface area contributed by atoms with Gasteiger partial charge in [0.05, 0.1) is 0 Å². The molecule has 1 aliphatic heterocycles. The van der Waals surface area contributed by atoms with Gasteiger partial charge in [0.1, 0.15) is 6.17 Å². The van der Waals surface area contributed by atoms with Gasteiger partial charge in [-0.3, -0.25) is 0 Å². The molecule has 0 radical (unpaired) electrons. The number of rotatable bonds is 2. The topological polar surface area (TPSA) is 26.0 Å². The van der Waals surface area contributed by atoms with Crippen LogP contribution in [0.25, 0.3) is 0 Å². The second-order valence-corrected chi connectivity index (χ2v) is 3.46. The Bertz CT molecular complexity index is 136. The van der Waals surface area contributed by atoms with E-state index >= 15 is 0 Å². The minimum Gasteiger partial charge on any atom is -0.327 e. The number of halogens is 1. The van der Waals surface area contributed by atoms with E-state index in [1.807, 2.05) is 17.8 Å². The van der Waals surface area contributed by atoms with Gasteiger partial charge in [0, 0.05) is 12.3 Å². The first kappa shape index (κ1) is 8.08. The van der Waals surface area contributed by atoms with Crippen LogP contribution in [0.5, 0.6) is 0 Å². The predicted octanol–water partition coefficient (Wildman–Crippen LogP) is 1.35. The Morgan fingerprint density at radius 2 is 2.60 bits per heavy atom. The molecule has 0 saturated carbocycles. The van der Waals surface area contributed by atoms with Gasteiger partial charge < -0.3 is 5.73 Å². The number of nitrogens with two attached hydrogens (primary N) is 1. The van der Waals surface area contributed by atoms with Crippen molar-refractivity contribution in [3.8, 4) is 0 Å². The lowest BCUT2D eigenvalue weighted by Crippen LogP contribution is -2.19. The van der Waals surface area contributed by atoms with Crippen LogP contribution in [0.4, 0.5) is 4.39 Å². The van der Waals surface area contributed by atoms with Gasteiger partial charge in [-0.05, 0) is 17.7 Å². The Kier molecular flexibility index (Phi) is 3.22. The van der Waals surface area contributed by atoms with E-state index in [-0.39, 0.29) is 6.54 Å². The Balaban J connectivity index is 2.44. The molecule has 0 aromatic heterocycles. The molecule has 0 aromatic carbocycles. The maximum atomic E-state index is 12.8. The van der Waals surface area contributed by atoms with Gasteiger partial charge in [0.25, 0.3) is 0 Å². The third-order valence-corrected chi connectivity index (χ3v) is 2.50. The summed E-state index contributed by atoms with van der Waals surface area (Å²) in [7, 11) is 0. The van der Waals surface area contributed by atoms with Crippen LogP contribution in [0.3, 0.4) is 0 Å². The van der Waals surface area contributed by atoms with Crippen molar-refractivity contribution in [1.82, 2.24) is 0 Å². The third-order valence-electron chi connectivity index (χ3n) is 1.61. The van der Waals surface area contributed by atoms with Gasteiger partial charge >= 0.3 is 0 Å². The Morgan fingerprint density at radius 3 is 3.10 bits per heavy atom. The zero-order valence-electron chi connectivity index (χ0n) is 5.85. The molecule has 0 spiro atoms. The lowest BCUT2D eigenvalue weighted by atomic mass is 10.1. The van der Waals surface area contributed by atoms with E-state index in [1.54, 1.807) is 0 Å². The van der Waals surface area contributed by atoms with Crippen molar-refractivity contribution >= 4 is 11.8 Å². The number of hydrogen-bond donors (Lipinski definition) is 1. The van der Waals surface area contributed by atoms with E-state index in [0.717, 1.165) is 23.5 Å². The van der Waals surface area contributed by atoms with Crippen LogP contribution < -0.4 is 5.73 Å². The van der Waals surface area contributed by atoms with Crippen LogP contribution in [0.2, 0.25) is 0 Å². The number of alkyl halides is 1. The summed E-state index contributed by atoms with van der Waals surface area (Å²) in [6, 6.07) is 0. The van der Waals surface area contributed by atoms with Crippen LogP contribution in [0.15, 0.2) is 11.6 Å². The highest BCUT2D eigenvalue weighted by Gasteiger charge is 2.12. The second kappa shape index (κ2) is 3.98. The summed E-state index contributed by atoms with van der Waals surface area (Å²) in [5.41, 5.74) is 6.08. The van der Waals surface area contributed by atoms with Crippen LogP contribution >= 0.6 is 11.8 Å². The minimum atomic E-state index is -0.888. The van der Waals surface area contributed by atoms with Crippen molar-refractivity contribution < 1.29 is 4.39 Å². The van der Waals surface area contributed by atoms with Gasteiger partial charge in [-0.15, -0.1) is 0 Å². The fourth-order valence-corrected chi connectivity index (χ4v) is 1.86. The number of thioether (sulfide) groups is 1. The summed E-state index contributed by atoms with van der Waals surface area (Å²) < 4.78 is 12.8. The maximum Gasteiger partial charge on any atom is 0.133 e. The molecule has 3 heteroatoms. The van der Waals surface area contributed by atoms with E-state index in [2.05, 4.69) is 0 Å². The molecule has 1 heterocycles. The van der Waals surface area contributed by atoms with E-state index in [4.69, 9.17) is 5.73 Å². The largest absolute Gasteiger partial charge is 0.327 e. The highest BCUT2D eigenvalue weighted by molar-refractivity contribution is 7.99. The Labute approximate surface area is 64.9 Å². The summed E-state index contributed by atoms with van der Waals surface area (Å²) in [4.78, 5) is 0. The lowest BCUT2D eigenvalue weighted by Gasteiger charge is -2.14. The molecule has 0 amide bonds. The average molecular weight is 161 g/mol. The summed E-state index contributed by atoms with van der Waals surface area (Å²) >= 11 is 1.84. The smallest absolute Gasteiger partial charge is 0.133 e. The van der Waals surface area contributed by atoms with Crippen molar-refractivity contribution in [1.29, 1.82) is 0 Å².